The molecule has 0 fully saturated rings. The Morgan fingerprint density at radius 2 is 2.00 bits per heavy atom. The largest absolute Gasteiger partial charge is 0.435 e. The Labute approximate surface area is 97.0 Å². The van der Waals surface area contributed by atoms with Crippen molar-refractivity contribution < 1.29 is 13.2 Å². The maximum atomic E-state index is 12.3. The van der Waals surface area contributed by atoms with Crippen LogP contribution in [0.2, 0.25) is 0 Å². The fourth-order valence-electron chi connectivity index (χ4n) is 1.14. The van der Waals surface area contributed by atoms with Gasteiger partial charge in [0.2, 0.25) is 0 Å². The van der Waals surface area contributed by atoms with Crippen LogP contribution in [0.15, 0.2) is 35.2 Å². The second kappa shape index (κ2) is 3.89. The summed E-state index contributed by atoms with van der Waals surface area (Å²) in [7, 11) is 0. The zero-order chi connectivity index (χ0) is 11.8. The standard InChI is InChI=1S/C9H5BrF3N3/c10-6-3-7(5-14-4-6)16-2-1-8(15-16)9(11,12)13/h1-5H. The van der Waals surface area contributed by atoms with Crippen molar-refractivity contribution in [1.82, 2.24) is 14.8 Å². The molecular formula is C9H5BrF3N3. The Balaban J connectivity index is 2.39. The highest BCUT2D eigenvalue weighted by Gasteiger charge is 2.33. The molecule has 3 nitrogen and oxygen atoms in total. The highest BCUT2D eigenvalue weighted by atomic mass is 79.9. The van der Waals surface area contributed by atoms with Crippen molar-refractivity contribution in [3.8, 4) is 5.69 Å². The molecular weight excluding hydrogens is 287 g/mol. The highest BCUT2D eigenvalue weighted by Crippen LogP contribution is 2.27. The lowest BCUT2D eigenvalue weighted by Crippen LogP contribution is -2.07. The van der Waals surface area contributed by atoms with Crippen LogP contribution in [0.1, 0.15) is 5.69 Å². The van der Waals surface area contributed by atoms with Crippen molar-refractivity contribution in [2.24, 2.45) is 0 Å². The molecule has 2 heterocycles. The second-order valence-corrected chi connectivity index (χ2v) is 3.92. The Kier molecular flexibility index (Phi) is 2.71. The van der Waals surface area contributed by atoms with Gasteiger partial charge < -0.3 is 0 Å². The fourth-order valence-corrected chi connectivity index (χ4v) is 1.50. The molecule has 16 heavy (non-hydrogen) atoms. The number of rotatable bonds is 1. The molecule has 0 spiro atoms. The summed E-state index contributed by atoms with van der Waals surface area (Å²) in [6.45, 7) is 0. The quantitative estimate of drug-likeness (QED) is 0.808. The number of hydrogen-bond donors (Lipinski definition) is 0. The molecule has 7 heteroatoms. The van der Waals surface area contributed by atoms with E-state index in [1.807, 2.05) is 0 Å². The second-order valence-electron chi connectivity index (χ2n) is 3.00. The first-order valence-electron chi connectivity index (χ1n) is 4.20. The monoisotopic (exact) mass is 291 g/mol. The zero-order valence-electron chi connectivity index (χ0n) is 7.74. The van der Waals surface area contributed by atoms with E-state index >= 15 is 0 Å². The third-order valence-electron chi connectivity index (χ3n) is 1.83. The number of nitrogens with zero attached hydrogens (tertiary/aromatic N) is 3. The molecule has 2 aromatic rings. The molecule has 0 amide bonds. The Morgan fingerprint density at radius 1 is 1.25 bits per heavy atom. The van der Waals surface area contributed by atoms with Crippen LogP contribution in [0.25, 0.3) is 5.69 Å². The molecule has 0 aliphatic carbocycles. The smallest absolute Gasteiger partial charge is 0.261 e. The summed E-state index contributed by atoms with van der Waals surface area (Å²) in [5.41, 5.74) is -0.461. The summed E-state index contributed by atoms with van der Waals surface area (Å²) in [6.07, 6.45) is -0.216. The number of pyridine rings is 1. The van der Waals surface area contributed by atoms with Crippen LogP contribution in [-0.4, -0.2) is 14.8 Å². The van der Waals surface area contributed by atoms with Gasteiger partial charge in [0.05, 0.1) is 11.9 Å². The van der Waals surface area contributed by atoms with Gasteiger partial charge in [0, 0.05) is 16.9 Å². The third-order valence-corrected chi connectivity index (χ3v) is 2.27. The summed E-state index contributed by atoms with van der Waals surface area (Å²) in [5.74, 6) is 0. The van der Waals surface area contributed by atoms with Crippen molar-refractivity contribution in [3.63, 3.8) is 0 Å². The topological polar surface area (TPSA) is 30.7 Å². The Morgan fingerprint density at radius 3 is 2.56 bits per heavy atom. The van der Waals surface area contributed by atoms with E-state index in [-0.39, 0.29) is 0 Å². The average Bonchev–Trinajstić information content (AvgIpc) is 2.65. The molecule has 0 atom stereocenters. The number of aromatic nitrogens is 3. The van der Waals surface area contributed by atoms with Crippen LogP contribution >= 0.6 is 15.9 Å². The van der Waals surface area contributed by atoms with Crippen LogP contribution in [0.3, 0.4) is 0 Å². The Hall–Kier alpha value is -1.37. The molecule has 2 aromatic heterocycles. The first-order valence-corrected chi connectivity index (χ1v) is 5.00. The van der Waals surface area contributed by atoms with Gasteiger partial charge in [0.15, 0.2) is 5.69 Å². The molecule has 0 unspecified atom stereocenters. The maximum absolute atomic E-state index is 12.3. The maximum Gasteiger partial charge on any atom is 0.435 e. The fraction of sp³-hybridized carbons (Fsp3) is 0.111. The summed E-state index contributed by atoms with van der Waals surface area (Å²) in [5, 5.41) is 3.42. The minimum atomic E-state index is -4.43. The molecule has 0 saturated heterocycles. The van der Waals surface area contributed by atoms with E-state index in [0.29, 0.717) is 10.2 Å². The van der Waals surface area contributed by atoms with Gasteiger partial charge in [-0.25, -0.2) is 4.68 Å². The van der Waals surface area contributed by atoms with E-state index in [1.54, 1.807) is 6.07 Å². The van der Waals surface area contributed by atoms with Crippen LogP contribution < -0.4 is 0 Å². The van der Waals surface area contributed by atoms with E-state index in [4.69, 9.17) is 0 Å². The van der Waals surface area contributed by atoms with Gasteiger partial charge >= 0.3 is 6.18 Å². The third kappa shape index (κ3) is 2.24. The molecule has 0 aliphatic rings. The van der Waals surface area contributed by atoms with E-state index in [1.165, 1.54) is 18.6 Å². The zero-order valence-corrected chi connectivity index (χ0v) is 9.33. The van der Waals surface area contributed by atoms with E-state index in [2.05, 4.69) is 26.0 Å². The summed E-state index contributed by atoms with van der Waals surface area (Å²) >= 11 is 3.18. The van der Waals surface area contributed by atoms with Gasteiger partial charge in [-0.3, -0.25) is 4.98 Å². The number of alkyl halides is 3. The van der Waals surface area contributed by atoms with Crippen molar-refractivity contribution in [2.45, 2.75) is 6.18 Å². The SMILES string of the molecule is FC(F)(F)c1ccn(-c2cncc(Br)c2)n1. The van der Waals surface area contributed by atoms with Crippen LogP contribution in [0.4, 0.5) is 13.2 Å². The Bertz CT molecular complexity index is 507. The molecule has 0 saturated carbocycles. The molecule has 0 aromatic carbocycles. The van der Waals surface area contributed by atoms with Gasteiger partial charge in [-0.2, -0.15) is 18.3 Å². The predicted molar refractivity (Wildman–Crippen MR) is 54.1 cm³/mol. The molecule has 0 aliphatic heterocycles. The van der Waals surface area contributed by atoms with Crippen molar-refractivity contribution in [3.05, 3.63) is 40.9 Å². The van der Waals surface area contributed by atoms with Crippen LogP contribution in [-0.2, 0) is 6.18 Å². The lowest BCUT2D eigenvalue weighted by atomic mass is 10.4. The lowest BCUT2D eigenvalue weighted by molar-refractivity contribution is -0.141. The first-order chi connectivity index (χ1) is 7.47. The molecule has 2 rings (SSSR count). The minimum Gasteiger partial charge on any atom is -0.261 e. The predicted octanol–water partition coefficient (Wildman–Crippen LogP) is 3.05. The highest BCUT2D eigenvalue weighted by molar-refractivity contribution is 9.10. The summed E-state index contributed by atoms with van der Waals surface area (Å²) in [4.78, 5) is 3.84. The van der Waals surface area contributed by atoms with Gasteiger partial charge in [0.1, 0.15) is 0 Å². The van der Waals surface area contributed by atoms with Gasteiger partial charge in [-0.1, -0.05) is 0 Å². The number of halogens is 4. The lowest BCUT2D eigenvalue weighted by Gasteiger charge is -2.02. The minimum absolute atomic E-state index is 0.463. The van der Waals surface area contributed by atoms with Crippen molar-refractivity contribution in [1.29, 1.82) is 0 Å². The molecule has 0 N–H and O–H groups in total. The number of hydrogen-bond acceptors (Lipinski definition) is 2. The van der Waals surface area contributed by atoms with Crippen LogP contribution in [0.5, 0.6) is 0 Å². The average molecular weight is 292 g/mol. The normalized spacial score (nSPS) is 11.8. The molecule has 84 valence electrons. The van der Waals surface area contributed by atoms with Gasteiger partial charge in [0.25, 0.3) is 0 Å². The molecule has 0 radical (unpaired) electrons. The van der Waals surface area contributed by atoms with Crippen molar-refractivity contribution >= 4 is 15.9 Å². The summed E-state index contributed by atoms with van der Waals surface area (Å²) in [6, 6.07) is 2.54. The first kappa shape index (κ1) is 11.1. The van der Waals surface area contributed by atoms with E-state index in [9.17, 15) is 13.2 Å². The van der Waals surface area contributed by atoms with Gasteiger partial charge in [-0.05, 0) is 28.1 Å². The van der Waals surface area contributed by atoms with Crippen molar-refractivity contribution in [2.75, 3.05) is 0 Å². The molecule has 0 bridgehead atoms. The van der Waals surface area contributed by atoms with Gasteiger partial charge in [-0.15, -0.1) is 0 Å². The van der Waals surface area contributed by atoms with E-state index in [0.717, 1.165) is 10.7 Å². The van der Waals surface area contributed by atoms with Crippen LogP contribution in [0, 0.1) is 0 Å². The summed E-state index contributed by atoms with van der Waals surface area (Å²) < 4.78 is 38.7. The van der Waals surface area contributed by atoms with E-state index < -0.39 is 11.9 Å².